The number of aromatic nitrogens is 1. The molecule has 0 saturated heterocycles. The van der Waals surface area contributed by atoms with E-state index in [2.05, 4.69) is 47.0 Å². The summed E-state index contributed by atoms with van der Waals surface area (Å²) < 4.78 is 17.3. The second kappa shape index (κ2) is 10.4. The van der Waals surface area contributed by atoms with Gasteiger partial charge in [0, 0.05) is 35.1 Å². The van der Waals surface area contributed by atoms with E-state index < -0.39 is 5.82 Å². The molecule has 33 heavy (non-hydrogen) atoms. The molecule has 0 aliphatic carbocycles. The van der Waals surface area contributed by atoms with Crippen molar-refractivity contribution in [3.8, 4) is 20.9 Å². The quantitative estimate of drug-likeness (QED) is 0.205. The minimum atomic E-state index is -0.444. The Morgan fingerprint density at radius 3 is 2.70 bits per heavy atom. The molecule has 4 nitrogen and oxygen atoms in total. The van der Waals surface area contributed by atoms with Gasteiger partial charge in [-0.2, -0.15) is 0 Å². The van der Waals surface area contributed by atoms with Crippen LogP contribution in [-0.2, 0) is 11.3 Å². The average molecular weight is 498 g/mol. The summed E-state index contributed by atoms with van der Waals surface area (Å²) in [4.78, 5) is 19.6. The van der Waals surface area contributed by atoms with Gasteiger partial charge >= 0.3 is 0 Å². The Kier molecular flexibility index (Phi) is 7.33. The molecule has 0 aliphatic heterocycles. The molecule has 0 atom stereocenters. The number of hydrogen-bond donors (Lipinski definition) is 1. The van der Waals surface area contributed by atoms with Crippen LogP contribution < -0.4 is 4.72 Å². The van der Waals surface area contributed by atoms with Crippen LogP contribution >= 0.6 is 34.9 Å². The number of nitrogens with zero attached hydrogens (tertiary/aromatic N) is 2. The zero-order chi connectivity index (χ0) is 23.4. The van der Waals surface area contributed by atoms with Crippen molar-refractivity contribution >= 4 is 47.0 Å². The van der Waals surface area contributed by atoms with Crippen molar-refractivity contribution < 1.29 is 9.18 Å². The number of aryl methyl sites for hydroxylation is 1. The van der Waals surface area contributed by atoms with Crippen LogP contribution in [0.1, 0.15) is 11.1 Å². The number of benzene rings is 2. The van der Waals surface area contributed by atoms with Gasteiger partial charge < -0.3 is 9.62 Å². The topological polar surface area (TPSA) is 45.2 Å². The third-order valence-electron chi connectivity index (χ3n) is 5.06. The Morgan fingerprint density at radius 2 is 1.91 bits per heavy atom. The molecule has 0 unspecified atom stereocenters. The minimum Gasteiger partial charge on any atom is -0.344 e. The first-order valence-corrected chi connectivity index (χ1v) is 12.1. The highest BCUT2D eigenvalue weighted by Crippen LogP contribution is 2.36. The molecule has 0 fully saturated rings. The van der Waals surface area contributed by atoms with E-state index in [-0.39, 0.29) is 5.02 Å². The van der Waals surface area contributed by atoms with Gasteiger partial charge in [0.25, 0.3) is 0 Å². The smallest absolute Gasteiger partial charge is 0.209 e. The molecule has 168 valence electrons. The normalized spacial score (nSPS) is 10.8. The maximum Gasteiger partial charge on any atom is 0.209 e. The van der Waals surface area contributed by atoms with Gasteiger partial charge in [0.1, 0.15) is 0 Å². The molecule has 4 aromatic rings. The second-order valence-corrected chi connectivity index (χ2v) is 9.88. The molecule has 0 aliphatic rings. The molecule has 1 N–H and O–H groups in total. The van der Waals surface area contributed by atoms with E-state index in [9.17, 15) is 9.18 Å². The third-order valence-corrected chi connectivity index (χ3v) is 7.41. The molecular formula is C25H21ClFN3OS2. The summed E-state index contributed by atoms with van der Waals surface area (Å²) in [5.74, 6) is -0.444. The number of rotatable bonds is 8. The number of halogens is 2. The highest BCUT2D eigenvalue weighted by Gasteiger charge is 2.10. The van der Waals surface area contributed by atoms with Crippen LogP contribution in [0.2, 0.25) is 5.02 Å². The van der Waals surface area contributed by atoms with Crippen molar-refractivity contribution in [1.82, 2.24) is 9.88 Å². The van der Waals surface area contributed by atoms with Gasteiger partial charge in [-0.05, 0) is 72.0 Å². The predicted octanol–water partition coefficient (Wildman–Crippen LogP) is 7.29. The van der Waals surface area contributed by atoms with Crippen molar-refractivity contribution in [2.75, 3.05) is 11.8 Å². The van der Waals surface area contributed by atoms with Gasteiger partial charge in [-0.25, -0.2) is 4.39 Å². The zero-order valence-corrected chi connectivity index (χ0v) is 20.4. The van der Waals surface area contributed by atoms with Gasteiger partial charge in [0.05, 0.1) is 21.8 Å². The van der Waals surface area contributed by atoms with Crippen LogP contribution in [0.15, 0.2) is 71.9 Å². The highest BCUT2D eigenvalue weighted by atomic mass is 35.5. The number of anilines is 1. The van der Waals surface area contributed by atoms with Crippen LogP contribution in [0.4, 0.5) is 10.1 Å². The average Bonchev–Trinajstić information content (AvgIpc) is 3.32. The number of nitrogens with one attached hydrogen (secondary N) is 1. The Morgan fingerprint density at radius 1 is 1.12 bits per heavy atom. The lowest BCUT2D eigenvalue weighted by atomic mass is 10.0. The number of amides is 1. The van der Waals surface area contributed by atoms with E-state index in [1.165, 1.54) is 6.07 Å². The van der Waals surface area contributed by atoms with Crippen molar-refractivity contribution in [2.45, 2.75) is 18.4 Å². The molecule has 4 rings (SSSR count). The Bertz CT molecular complexity index is 1290. The van der Waals surface area contributed by atoms with E-state index in [4.69, 9.17) is 11.6 Å². The number of pyridine rings is 1. The van der Waals surface area contributed by atoms with E-state index in [1.54, 1.807) is 41.6 Å². The SMILES string of the molecule is Cc1ccc(-c2ccc(-c3cncc(NSc4cccc(Cl)c4F)c3)s2)cc1CN(C)C=O. The Hall–Kier alpha value is -2.87. The monoisotopic (exact) mass is 497 g/mol. The van der Waals surface area contributed by atoms with Crippen LogP contribution in [0, 0.1) is 12.7 Å². The second-order valence-electron chi connectivity index (χ2n) is 7.54. The summed E-state index contributed by atoms with van der Waals surface area (Å²) in [6.45, 7) is 2.62. The van der Waals surface area contributed by atoms with Crippen LogP contribution in [0.25, 0.3) is 20.9 Å². The molecule has 0 radical (unpaired) electrons. The molecule has 2 heterocycles. The molecule has 2 aromatic carbocycles. The summed E-state index contributed by atoms with van der Waals surface area (Å²) in [5, 5.41) is 0.0943. The zero-order valence-electron chi connectivity index (χ0n) is 18.0. The first-order valence-electron chi connectivity index (χ1n) is 10.1. The van der Waals surface area contributed by atoms with E-state index >= 15 is 0 Å². The summed E-state index contributed by atoms with van der Waals surface area (Å²) in [5.41, 5.74) is 5.12. The van der Waals surface area contributed by atoms with Crippen molar-refractivity contribution in [3.63, 3.8) is 0 Å². The maximum atomic E-state index is 14.1. The standard InChI is InChI=1S/C25H21ClFN3OS2/c1-16-6-7-17(10-19(16)14-30(2)15-31)22-8-9-23(32-22)18-11-20(13-28-12-18)29-33-24-5-3-4-21(26)25(24)27/h3-13,15,29H,14H2,1-2H3. The van der Waals surface area contributed by atoms with Gasteiger partial charge in [-0.3, -0.25) is 9.78 Å². The van der Waals surface area contributed by atoms with Crippen molar-refractivity contribution in [2.24, 2.45) is 0 Å². The molecule has 0 bridgehead atoms. The van der Waals surface area contributed by atoms with Gasteiger partial charge in [-0.1, -0.05) is 29.8 Å². The Balaban J connectivity index is 1.53. The van der Waals surface area contributed by atoms with Gasteiger partial charge in [0.2, 0.25) is 6.41 Å². The summed E-state index contributed by atoms with van der Waals surface area (Å²) in [7, 11) is 1.77. The summed E-state index contributed by atoms with van der Waals surface area (Å²) >= 11 is 8.68. The highest BCUT2D eigenvalue weighted by molar-refractivity contribution is 8.00. The number of hydrogen-bond acceptors (Lipinski definition) is 5. The molecule has 0 saturated carbocycles. The first kappa shape index (κ1) is 23.3. The van der Waals surface area contributed by atoms with E-state index in [0.717, 1.165) is 56.1 Å². The molecule has 1 amide bonds. The van der Waals surface area contributed by atoms with Gasteiger partial charge in [-0.15, -0.1) is 11.3 Å². The number of carbonyl (C=O) groups is 1. The summed E-state index contributed by atoms with van der Waals surface area (Å²) in [6.07, 6.45) is 4.34. The summed E-state index contributed by atoms with van der Waals surface area (Å²) in [6, 6.07) is 17.4. The fourth-order valence-corrected chi connectivity index (χ4v) is 5.16. The third kappa shape index (κ3) is 5.55. The first-order chi connectivity index (χ1) is 15.9. The van der Waals surface area contributed by atoms with Crippen LogP contribution in [0.3, 0.4) is 0 Å². The lowest BCUT2D eigenvalue weighted by molar-refractivity contribution is -0.117. The fourth-order valence-electron chi connectivity index (χ4n) is 3.26. The molecule has 8 heteroatoms. The van der Waals surface area contributed by atoms with Crippen molar-refractivity contribution in [3.05, 3.63) is 89.0 Å². The fraction of sp³-hybridized carbons (Fsp3) is 0.120. The molecular weight excluding hydrogens is 477 g/mol. The predicted molar refractivity (Wildman–Crippen MR) is 136 cm³/mol. The van der Waals surface area contributed by atoms with Crippen LogP contribution in [-0.4, -0.2) is 23.3 Å². The molecule has 2 aromatic heterocycles. The maximum absolute atomic E-state index is 14.1. The van der Waals surface area contributed by atoms with Crippen LogP contribution in [0.5, 0.6) is 0 Å². The van der Waals surface area contributed by atoms with E-state index in [0.29, 0.717) is 11.4 Å². The van der Waals surface area contributed by atoms with Gasteiger partial charge in [0.15, 0.2) is 5.82 Å². The minimum absolute atomic E-state index is 0.0943. The lowest BCUT2D eigenvalue weighted by Gasteiger charge is -2.13. The van der Waals surface area contributed by atoms with Crippen molar-refractivity contribution in [1.29, 1.82) is 0 Å². The number of carbonyl (C=O) groups excluding carboxylic acids is 1. The molecule has 0 spiro atoms. The van der Waals surface area contributed by atoms with E-state index in [1.807, 2.05) is 12.3 Å². The number of thiophene rings is 1. The largest absolute Gasteiger partial charge is 0.344 e. The lowest BCUT2D eigenvalue weighted by Crippen LogP contribution is -2.15. The Labute approximate surface area is 205 Å².